The van der Waals surface area contributed by atoms with Crippen molar-refractivity contribution in [3.8, 4) is 0 Å². The van der Waals surface area contributed by atoms with Crippen LogP contribution in [0.4, 0.5) is 5.69 Å². The third-order valence-electron chi connectivity index (χ3n) is 2.50. The van der Waals surface area contributed by atoms with Crippen LogP contribution in [0.5, 0.6) is 0 Å². The molecule has 1 aliphatic rings. The highest BCUT2D eigenvalue weighted by atomic mass is 16.5. The van der Waals surface area contributed by atoms with Crippen molar-refractivity contribution in [2.75, 3.05) is 25.1 Å². The van der Waals surface area contributed by atoms with Gasteiger partial charge in [0.2, 0.25) is 0 Å². The van der Waals surface area contributed by atoms with Gasteiger partial charge in [-0.15, -0.1) is 0 Å². The van der Waals surface area contributed by atoms with E-state index < -0.39 is 0 Å². The van der Waals surface area contributed by atoms with E-state index in [9.17, 15) is 5.11 Å². The van der Waals surface area contributed by atoms with Crippen LogP contribution in [0.2, 0.25) is 0 Å². The van der Waals surface area contributed by atoms with E-state index in [1.807, 2.05) is 12.1 Å². The van der Waals surface area contributed by atoms with Crippen LogP contribution < -0.4 is 5.32 Å². The minimum atomic E-state index is -0.304. The molecule has 0 spiro atoms. The van der Waals surface area contributed by atoms with Gasteiger partial charge in [0.25, 0.3) is 0 Å². The summed E-state index contributed by atoms with van der Waals surface area (Å²) in [6.45, 7) is 1.36. The Hall–Kier alpha value is -1.13. The van der Waals surface area contributed by atoms with E-state index in [-0.39, 0.29) is 12.1 Å². The molecule has 0 amide bonds. The molecule has 0 aliphatic carbocycles. The molecule has 14 heavy (non-hydrogen) atoms. The van der Waals surface area contributed by atoms with Crippen molar-refractivity contribution < 1.29 is 9.84 Å². The number of rotatable bonds is 3. The van der Waals surface area contributed by atoms with E-state index in [0.717, 1.165) is 12.1 Å². The molecule has 4 nitrogen and oxygen atoms in total. The Balaban J connectivity index is 2.08. The van der Waals surface area contributed by atoms with Crippen molar-refractivity contribution in [2.45, 2.75) is 12.0 Å². The van der Waals surface area contributed by atoms with Gasteiger partial charge in [0.15, 0.2) is 0 Å². The maximum atomic E-state index is 9.32. The summed E-state index contributed by atoms with van der Waals surface area (Å²) in [5.41, 5.74) is 0.668. The molecule has 1 fully saturated rings. The van der Waals surface area contributed by atoms with Crippen LogP contribution >= 0.6 is 0 Å². The van der Waals surface area contributed by atoms with Gasteiger partial charge in [0.1, 0.15) is 0 Å². The molecule has 1 atom stereocenters. The fraction of sp³-hybridized carbons (Fsp3) is 0.500. The number of aliphatic hydroxyl groups excluding tert-OH is 1. The highest BCUT2D eigenvalue weighted by Crippen LogP contribution is 2.23. The maximum absolute atomic E-state index is 9.32. The molecule has 1 aromatic heterocycles. The molecule has 0 radical (unpaired) electrons. The first-order valence-corrected chi connectivity index (χ1v) is 4.71. The van der Waals surface area contributed by atoms with Gasteiger partial charge in [-0.25, -0.2) is 0 Å². The summed E-state index contributed by atoms with van der Waals surface area (Å²) < 4.78 is 5.29. The lowest BCUT2D eigenvalue weighted by Crippen LogP contribution is -2.42. The van der Waals surface area contributed by atoms with Crippen LogP contribution in [0.15, 0.2) is 24.5 Å². The number of ether oxygens (including phenoxy) is 1. The fourth-order valence-corrected chi connectivity index (χ4v) is 1.61. The Labute approximate surface area is 82.9 Å². The predicted molar refractivity (Wildman–Crippen MR) is 53.1 cm³/mol. The van der Waals surface area contributed by atoms with Crippen LogP contribution in [0.1, 0.15) is 6.42 Å². The second-order valence-electron chi connectivity index (χ2n) is 3.60. The van der Waals surface area contributed by atoms with Gasteiger partial charge in [0, 0.05) is 24.7 Å². The van der Waals surface area contributed by atoms with E-state index in [1.54, 1.807) is 12.4 Å². The van der Waals surface area contributed by atoms with E-state index in [0.29, 0.717) is 13.2 Å². The summed E-state index contributed by atoms with van der Waals surface area (Å²) in [5, 5.41) is 12.6. The maximum Gasteiger partial charge on any atom is 0.0859 e. The summed E-state index contributed by atoms with van der Waals surface area (Å²) in [6.07, 6.45) is 4.29. The average Bonchev–Trinajstić information content (AvgIpc) is 2.69. The lowest BCUT2D eigenvalue weighted by molar-refractivity contribution is 0.152. The Morgan fingerprint density at radius 1 is 1.50 bits per heavy atom. The van der Waals surface area contributed by atoms with E-state index in [1.165, 1.54) is 0 Å². The van der Waals surface area contributed by atoms with Crippen molar-refractivity contribution in [1.29, 1.82) is 0 Å². The van der Waals surface area contributed by atoms with Gasteiger partial charge in [-0.2, -0.15) is 0 Å². The summed E-state index contributed by atoms with van der Waals surface area (Å²) in [7, 11) is 0. The van der Waals surface area contributed by atoms with Gasteiger partial charge < -0.3 is 15.2 Å². The number of aliphatic hydroxyl groups is 1. The number of nitrogens with zero attached hydrogens (tertiary/aromatic N) is 1. The molecular formula is C10H14N2O2. The highest BCUT2D eigenvalue weighted by Gasteiger charge is 2.33. The predicted octanol–water partition coefficient (Wildman–Crippen LogP) is 0.645. The van der Waals surface area contributed by atoms with Gasteiger partial charge >= 0.3 is 0 Å². The number of anilines is 1. The number of hydrogen-bond donors (Lipinski definition) is 2. The quantitative estimate of drug-likeness (QED) is 0.741. The zero-order valence-corrected chi connectivity index (χ0v) is 7.94. The first-order valence-electron chi connectivity index (χ1n) is 4.71. The number of pyridine rings is 1. The lowest BCUT2D eigenvalue weighted by Gasteiger charge is -2.27. The zero-order valence-electron chi connectivity index (χ0n) is 7.94. The summed E-state index contributed by atoms with van der Waals surface area (Å²) in [4.78, 5) is 3.93. The largest absolute Gasteiger partial charge is 0.394 e. The Morgan fingerprint density at radius 2 is 2.29 bits per heavy atom. The summed E-state index contributed by atoms with van der Waals surface area (Å²) in [6, 6.07) is 3.77. The van der Waals surface area contributed by atoms with Crippen LogP contribution in [-0.4, -0.2) is 35.5 Å². The summed E-state index contributed by atoms with van der Waals surface area (Å²) in [5.74, 6) is 0. The zero-order chi connectivity index (χ0) is 9.86. The Bertz CT molecular complexity index is 283. The van der Waals surface area contributed by atoms with E-state index in [2.05, 4.69) is 10.3 Å². The fourth-order valence-electron chi connectivity index (χ4n) is 1.61. The average molecular weight is 194 g/mol. The molecule has 4 heteroatoms. The molecule has 2 rings (SSSR count). The van der Waals surface area contributed by atoms with Crippen molar-refractivity contribution in [1.82, 2.24) is 4.98 Å². The minimum Gasteiger partial charge on any atom is -0.394 e. The summed E-state index contributed by atoms with van der Waals surface area (Å²) >= 11 is 0. The van der Waals surface area contributed by atoms with E-state index in [4.69, 9.17) is 4.74 Å². The molecule has 2 N–H and O–H groups in total. The van der Waals surface area contributed by atoms with Gasteiger partial charge in [-0.1, -0.05) is 0 Å². The molecular weight excluding hydrogens is 180 g/mol. The molecule has 1 aromatic rings. The monoisotopic (exact) mass is 194 g/mol. The molecule has 1 unspecified atom stereocenters. The van der Waals surface area contributed by atoms with Gasteiger partial charge in [0.05, 0.1) is 18.8 Å². The van der Waals surface area contributed by atoms with Crippen LogP contribution in [0, 0.1) is 0 Å². The smallest absolute Gasteiger partial charge is 0.0859 e. The molecule has 0 saturated carbocycles. The van der Waals surface area contributed by atoms with Crippen LogP contribution in [0.3, 0.4) is 0 Å². The minimum absolute atomic E-state index is 0.0926. The molecule has 1 aliphatic heterocycles. The second-order valence-corrected chi connectivity index (χ2v) is 3.60. The van der Waals surface area contributed by atoms with Crippen molar-refractivity contribution >= 4 is 5.69 Å². The van der Waals surface area contributed by atoms with Crippen LogP contribution in [-0.2, 0) is 4.74 Å². The van der Waals surface area contributed by atoms with Crippen molar-refractivity contribution in [3.63, 3.8) is 0 Å². The number of nitrogens with one attached hydrogen (secondary N) is 1. The second kappa shape index (κ2) is 3.94. The number of aromatic nitrogens is 1. The first kappa shape index (κ1) is 9.43. The standard InChI is InChI=1S/C10H14N2O2/c13-7-10(3-6-14-8-10)12-9-1-4-11-5-2-9/h1-2,4-5,13H,3,6-8H2,(H,11,12). The Kier molecular flexibility index (Phi) is 2.65. The Morgan fingerprint density at radius 3 is 2.86 bits per heavy atom. The first-order chi connectivity index (χ1) is 6.85. The molecule has 76 valence electrons. The number of hydrogen-bond acceptors (Lipinski definition) is 4. The normalized spacial score (nSPS) is 26.4. The SMILES string of the molecule is OCC1(Nc2ccncc2)CCOC1. The topological polar surface area (TPSA) is 54.4 Å². The van der Waals surface area contributed by atoms with Crippen LogP contribution in [0.25, 0.3) is 0 Å². The van der Waals surface area contributed by atoms with Gasteiger partial charge in [-0.3, -0.25) is 4.98 Å². The van der Waals surface area contributed by atoms with E-state index >= 15 is 0 Å². The third-order valence-corrected chi connectivity index (χ3v) is 2.50. The molecule has 0 bridgehead atoms. The third kappa shape index (κ3) is 1.86. The van der Waals surface area contributed by atoms with Gasteiger partial charge in [-0.05, 0) is 18.6 Å². The lowest BCUT2D eigenvalue weighted by atomic mass is 10.00. The van der Waals surface area contributed by atoms with Crippen molar-refractivity contribution in [2.24, 2.45) is 0 Å². The molecule has 1 saturated heterocycles. The molecule has 0 aromatic carbocycles. The highest BCUT2D eigenvalue weighted by molar-refractivity contribution is 5.44. The molecule has 2 heterocycles. The van der Waals surface area contributed by atoms with Crippen molar-refractivity contribution in [3.05, 3.63) is 24.5 Å².